The quantitative estimate of drug-likeness (QED) is 0.881. The fourth-order valence-electron chi connectivity index (χ4n) is 3.40. The summed E-state index contributed by atoms with van der Waals surface area (Å²) in [5, 5.41) is 18.7. The lowest BCUT2D eigenvalue weighted by atomic mass is 9.92. The number of β-amino-alcohol motifs (C(OH)–C–C–N with tert-alkyl or cyclic N) is 1. The monoisotopic (exact) mass is 327 g/mol. The zero-order valence-corrected chi connectivity index (χ0v) is 12.5. The average Bonchev–Trinajstić information content (AvgIpc) is 2.90. The van der Waals surface area contributed by atoms with Crippen molar-refractivity contribution in [3.63, 3.8) is 0 Å². The Morgan fingerprint density at radius 3 is 2.91 bits per heavy atom. The average molecular weight is 327 g/mol. The maximum absolute atomic E-state index is 13.7. The normalized spacial score (nSPS) is 28.2. The molecule has 0 radical (unpaired) electrons. The lowest BCUT2D eigenvalue weighted by molar-refractivity contribution is -0.205. The van der Waals surface area contributed by atoms with E-state index in [1.54, 1.807) is 4.90 Å². The molecule has 2 N–H and O–H groups in total. The van der Waals surface area contributed by atoms with Crippen molar-refractivity contribution < 1.29 is 28.5 Å². The van der Waals surface area contributed by atoms with E-state index >= 15 is 0 Å². The number of hydrogen-bond donors (Lipinski definition) is 2. The van der Waals surface area contributed by atoms with E-state index in [9.17, 15) is 18.7 Å². The van der Waals surface area contributed by atoms with E-state index in [2.05, 4.69) is 0 Å². The summed E-state index contributed by atoms with van der Waals surface area (Å²) in [5.74, 6) is -5.50. The fraction of sp³-hybridized carbons (Fsp3) is 0.562. The zero-order chi connectivity index (χ0) is 16.7. The minimum absolute atomic E-state index is 0.126. The third-order valence-corrected chi connectivity index (χ3v) is 4.74. The SMILES string of the molecule is O=C(O)C(F)(F)C1(O)CCN(CC2CCOc3ccccc32)C1. The maximum Gasteiger partial charge on any atom is 0.377 e. The second-order valence-electron chi connectivity index (χ2n) is 6.27. The number of ether oxygens (including phenoxy) is 1. The van der Waals surface area contributed by atoms with Gasteiger partial charge in [-0.3, -0.25) is 4.90 Å². The van der Waals surface area contributed by atoms with Gasteiger partial charge in [0.1, 0.15) is 5.75 Å². The highest BCUT2D eigenvalue weighted by molar-refractivity contribution is 5.77. The summed E-state index contributed by atoms with van der Waals surface area (Å²) in [6, 6.07) is 7.61. The Morgan fingerprint density at radius 2 is 2.17 bits per heavy atom. The molecule has 1 fully saturated rings. The van der Waals surface area contributed by atoms with Crippen LogP contribution in [0.5, 0.6) is 5.75 Å². The second-order valence-corrected chi connectivity index (χ2v) is 6.27. The Kier molecular flexibility index (Phi) is 4.01. The Bertz CT molecular complexity index is 609. The van der Waals surface area contributed by atoms with Gasteiger partial charge in [-0.25, -0.2) is 4.79 Å². The van der Waals surface area contributed by atoms with E-state index in [0.717, 1.165) is 17.7 Å². The molecule has 2 unspecified atom stereocenters. The Hall–Kier alpha value is -1.73. The molecule has 23 heavy (non-hydrogen) atoms. The molecule has 2 aliphatic heterocycles. The van der Waals surface area contributed by atoms with E-state index in [-0.39, 0.29) is 25.4 Å². The summed E-state index contributed by atoms with van der Waals surface area (Å²) in [7, 11) is 0. The smallest absolute Gasteiger partial charge is 0.377 e. The van der Waals surface area contributed by atoms with Crippen molar-refractivity contribution in [2.75, 3.05) is 26.2 Å². The van der Waals surface area contributed by atoms with Gasteiger partial charge in [0.15, 0.2) is 5.60 Å². The van der Waals surface area contributed by atoms with E-state index in [0.29, 0.717) is 13.2 Å². The Balaban J connectivity index is 1.71. The predicted molar refractivity (Wildman–Crippen MR) is 77.9 cm³/mol. The number of likely N-dealkylation sites (tertiary alicyclic amines) is 1. The standard InChI is InChI=1S/C16H19F2NO4/c17-16(18,14(20)21)15(22)6-7-19(10-15)9-11-5-8-23-13-4-2-1-3-12(11)13/h1-4,11,22H,5-10H2,(H,20,21). The molecule has 0 aromatic heterocycles. The number of aliphatic carboxylic acids is 1. The number of alkyl halides is 2. The highest BCUT2D eigenvalue weighted by atomic mass is 19.3. The van der Waals surface area contributed by atoms with Crippen molar-refractivity contribution in [3.8, 4) is 5.75 Å². The van der Waals surface area contributed by atoms with Gasteiger partial charge in [0.05, 0.1) is 6.61 Å². The predicted octanol–water partition coefficient (Wildman–Crippen LogP) is 1.71. The molecule has 0 spiro atoms. The lowest BCUT2D eigenvalue weighted by Crippen LogP contribution is -2.55. The van der Waals surface area contributed by atoms with Crippen molar-refractivity contribution in [2.24, 2.45) is 0 Å². The van der Waals surface area contributed by atoms with Gasteiger partial charge >= 0.3 is 11.9 Å². The van der Waals surface area contributed by atoms with Gasteiger partial charge in [0, 0.05) is 25.6 Å². The van der Waals surface area contributed by atoms with Gasteiger partial charge in [0.2, 0.25) is 0 Å². The van der Waals surface area contributed by atoms with Crippen LogP contribution in [0.3, 0.4) is 0 Å². The zero-order valence-electron chi connectivity index (χ0n) is 12.5. The first kappa shape index (κ1) is 16.1. The van der Waals surface area contributed by atoms with Crippen molar-refractivity contribution in [3.05, 3.63) is 29.8 Å². The van der Waals surface area contributed by atoms with Crippen LogP contribution < -0.4 is 4.74 Å². The highest BCUT2D eigenvalue weighted by Gasteiger charge is 2.61. The van der Waals surface area contributed by atoms with Crippen molar-refractivity contribution in [2.45, 2.75) is 30.3 Å². The first-order valence-corrected chi connectivity index (χ1v) is 7.61. The van der Waals surface area contributed by atoms with Gasteiger partial charge in [-0.05, 0) is 24.5 Å². The maximum atomic E-state index is 13.7. The van der Waals surface area contributed by atoms with Crippen LogP contribution in [-0.2, 0) is 4.79 Å². The molecule has 0 bridgehead atoms. The van der Waals surface area contributed by atoms with E-state index in [1.807, 2.05) is 24.3 Å². The number of fused-ring (bicyclic) bond motifs is 1. The summed E-state index contributed by atoms with van der Waals surface area (Å²) in [4.78, 5) is 12.4. The summed E-state index contributed by atoms with van der Waals surface area (Å²) in [5.41, 5.74) is -1.48. The highest BCUT2D eigenvalue weighted by Crippen LogP contribution is 2.39. The number of carboxylic acids is 1. The van der Waals surface area contributed by atoms with Gasteiger partial charge in [-0.1, -0.05) is 18.2 Å². The van der Waals surface area contributed by atoms with Crippen LogP contribution in [0.25, 0.3) is 0 Å². The van der Waals surface area contributed by atoms with Crippen LogP contribution >= 0.6 is 0 Å². The van der Waals surface area contributed by atoms with Crippen LogP contribution in [-0.4, -0.2) is 58.8 Å². The molecule has 1 aromatic rings. The number of benzene rings is 1. The van der Waals surface area contributed by atoms with Crippen LogP contribution in [0.15, 0.2) is 24.3 Å². The summed E-state index contributed by atoms with van der Waals surface area (Å²) < 4.78 is 33.0. The molecule has 1 saturated heterocycles. The number of halogens is 2. The fourth-order valence-corrected chi connectivity index (χ4v) is 3.40. The molecule has 2 aliphatic rings. The molecule has 2 heterocycles. The van der Waals surface area contributed by atoms with Gasteiger partial charge in [-0.2, -0.15) is 8.78 Å². The number of carbonyl (C=O) groups is 1. The number of hydrogen-bond acceptors (Lipinski definition) is 4. The van der Waals surface area contributed by atoms with Gasteiger partial charge in [0.25, 0.3) is 0 Å². The van der Waals surface area contributed by atoms with Crippen LogP contribution in [0, 0.1) is 0 Å². The molecular formula is C16H19F2NO4. The molecule has 126 valence electrons. The lowest BCUT2D eigenvalue weighted by Gasteiger charge is -2.31. The molecule has 5 nitrogen and oxygen atoms in total. The number of aliphatic hydroxyl groups is 1. The molecule has 0 saturated carbocycles. The van der Waals surface area contributed by atoms with E-state index in [1.165, 1.54) is 0 Å². The number of nitrogens with zero attached hydrogens (tertiary/aromatic N) is 1. The topological polar surface area (TPSA) is 70.0 Å². The van der Waals surface area contributed by atoms with Crippen molar-refractivity contribution in [1.82, 2.24) is 4.90 Å². The summed E-state index contributed by atoms with van der Waals surface area (Å²) in [6.07, 6.45) is 0.512. The van der Waals surface area contributed by atoms with Gasteiger partial charge in [-0.15, -0.1) is 0 Å². The van der Waals surface area contributed by atoms with Crippen LogP contribution in [0.2, 0.25) is 0 Å². The molecule has 7 heteroatoms. The first-order valence-electron chi connectivity index (χ1n) is 7.61. The first-order chi connectivity index (χ1) is 10.8. The minimum Gasteiger partial charge on any atom is -0.493 e. The molecule has 3 rings (SSSR count). The summed E-state index contributed by atoms with van der Waals surface area (Å²) in [6.45, 7) is 0.966. The van der Waals surface area contributed by atoms with Crippen LogP contribution in [0.4, 0.5) is 8.78 Å². The Morgan fingerprint density at radius 1 is 1.43 bits per heavy atom. The van der Waals surface area contributed by atoms with E-state index in [4.69, 9.17) is 9.84 Å². The third-order valence-electron chi connectivity index (χ3n) is 4.74. The van der Waals surface area contributed by atoms with Crippen molar-refractivity contribution >= 4 is 5.97 Å². The molecular weight excluding hydrogens is 308 g/mol. The molecule has 1 aromatic carbocycles. The minimum atomic E-state index is -4.14. The second kappa shape index (κ2) is 5.72. The Labute approximate surface area is 132 Å². The molecule has 0 aliphatic carbocycles. The largest absolute Gasteiger partial charge is 0.493 e. The van der Waals surface area contributed by atoms with E-state index < -0.39 is 17.5 Å². The van der Waals surface area contributed by atoms with Crippen molar-refractivity contribution in [1.29, 1.82) is 0 Å². The summed E-state index contributed by atoms with van der Waals surface area (Å²) >= 11 is 0. The number of para-hydroxylation sites is 1. The van der Waals surface area contributed by atoms with Crippen LogP contribution in [0.1, 0.15) is 24.3 Å². The van der Waals surface area contributed by atoms with Gasteiger partial charge < -0.3 is 14.9 Å². The third kappa shape index (κ3) is 2.79. The molecule has 0 amide bonds. The number of carboxylic acid groups (broad SMARTS) is 1. The molecule has 2 atom stereocenters. The number of rotatable bonds is 4.